The molecule has 0 radical (unpaired) electrons. The van der Waals surface area contributed by atoms with Crippen molar-refractivity contribution in [2.24, 2.45) is 52.3 Å². The minimum atomic E-state index is 0.294. The van der Waals surface area contributed by atoms with Gasteiger partial charge in [0.2, 0.25) is 0 Å². The molecule has 4 rings (SSSR count). The molecule has 164 valence electrons. The molecule has 0 aromatic rings. The first-order valence-corrected chi connectivity index (χ1v) is 12.9. The molecule has 4 aliphatic rings. The smallest absolute Gasteiger partial charge is 0.123 e. The van der Waals surface area contributed by atoms with E-state index in [-0.39, 0.29) is 0 Å². The van der Waals surface area contributed by atoms with Crippen molar-refractivity contribution in [1.82, 2.24) is 0 Å². The number of aldehydes is 1. The van der Waals surface area contributed by atoms with Crippen molar-refractivity contribution < 1.29 is 4.79 Å². The molecule has 8 unspecified atom stereocenters. The maximum atomic E-state index is 11.4. The lowest BCUT2D eigenvalue weighted by molar-refractivity contribution is -0.112. The van der Waals surface area contributed by atoms with Gasteiger partial charge in [-0.25, -0.2) is 0 Å². The third kappa shape index (κ3) is 3.67. The molecule has 0 amide bonds. The summed E-state index contributed by atoms with van der Waals surface area (Å²) in [7, 11) is 0. The third-order valence-corrected chi connectivity index (χ3v) is 10.5. The van der Waals surface area contributed by atoms with Crippen LogP contribution in [0.25, 0.3) is 0 Å². The molecule has 0 N–H and O–H groups in total. The maximum Gasteiger partial charge on any atom is 0.123 e. The number of rotatable bonds is 6. The number of hydrogen-bond donors (Lipinski definition) is 0. The van der Waals surface area contributed by atoms with Crippen molar-refractivity contribution in [3.63, 3.8) is 0 Å². The molecule has 8 atom stereocenters. The predicted octanol–water partition coefficient (Wildman–Crippen LogP) is 7.84. The molecule has 0 bridgehead atoms. The fraction of sp³-hybridized carbons (Fsp3) is 0.893. The summed E-state index contributed by atoms with van der Waals surface area (Å²) in [6.07, 6.45) is 18.7. The van der Waals surface area contributed by atoms with Crippen molar-refractivity contribution in [2.45, 2.75) is 105 Å². The Hall–Kier alpha value is -0.590. The number of carbonyl (C=O) groups is 1. The standard InChI is InChI=1S/C28H46O/c1-19(2)7-6-8-20(3)24-11-12-25-23-10-9-22-17-21(18-29)13-15-27(22,4)26(23)14-16-28(24,25)5/h9,18-21,23-26H,6-8,10-17H2,1-5H3. The van der Waals surface area contributed by atoms with Gasteiger partial charge in [0.1, 0.15) is 6.29 Å². The summed E-state index contributed by atoms with van der Waals surface area (Å²) in [5, 5.41) is 0. The molecule has 1 heteroatoms. The fourth-order valence-corrected chi connectivity index (χ4v) is 8.83. The summed E-state index contributed by atoms with van der Waals surface area (Å²) in [6, 6.07) is 0. The second-order valence-corrected chi connectivity index (χ2v) is 12.4. The lowest BCUT2D eigenvalue weighted by Gasteiger charge is -2.58. The van der Waals surface area contributed by atoms with Gasteiger partial charge in [-0.3, -0.25) is 0 Å². The summed E-state index contributed by atoms with van der Waals surface area (Å²) >= 11 is 0. The highest BCUT2D eigenvalue weighted by molar-refractivity contribution is 5.55. The molecule has 3 saturated carbocycles. The molecule has 0 heterocycles. The number of fused-ring (bicyclic) bond motifs is 5. The van der Waals surface area contributed by atoms with Crippen LogP contribution in [-0.4, -0.2) is 6.29 Å². The lowest BCUT2D eigenvalue weighted by Crippen LogP contribution is -2.50. The van der Waals surface area contributed by atoms with Crippen LogP contribution in [0.3, 0.4) is 0 Å². The molecule has 1 nitrogen and oxygen atoms in total. The lowest BCUT2D eigenvalue weighted by atomic mass is 9.46. The van der Waals surface area contributed by atoms with Crippen molar-refractivity contribution in [2.75, 3.05) is 0 Å². The van der Waals surface area contributed by atoms with Gasteiger partial charge in [0.25, 0.3) is 0 Å². The highest BCUT2D eigenvalue weighted by Gasteiger charge is 2.59. The van der Waals surface area contributed by atoms with Crippen molar-refractivity contribution in [1.29, 1.82) is 0 Å². The Bertz CT molecular complexity index is 632. The van der Waals surface area contributed by atoms with E-state index < -0.39 is 0 Å². The Kier molecular flexibility index (Phi) is 6.09. The van der Waals surface area contributed by atoms with Crippen molar-refractivity contribution in [3.05, 3.63) is 11.6 Å². The quantitative estimate of drug-likeness (QED) is 0.329. The van der Waals surface area contributed by atoms with Crippen LogP contribution in [0, 0.1) is 52.3 Å². The largest absolute Gasteiger partial charge is 0.303 e. The Balaban J connectivity index is 1.49. The zero-order valence-electron chi connectivity index (χ0n) is 19.9. The van der Waals surface area contributed by atoms with Gasteiger partial charge in [-0.2, -0.15) is 0 Å². The summed E-state index contributed by atoms with van der Waals surface area (Å²) in [6.45, 7) is 12.6. The second-order valence-electron chi connectivity index (χ2n) is 12.4. The fourth-order valence-electron chi connectivity index (χ4n) is 8.83. The molecular formula is C28H46O. The van der Waals surface area contributed by atoms with Gasteiger partial charge in [0, 0.05) is 5.92 Å². The zero-order valence-corrected chi connectivity index (χ0v) is 19.9. The van der Waals surface area contributed by atoms with Gasteiger partial charge in [0.05, 0.1) is 0 Å². The molecule has 0 aliphatic heterocycles. The van der Waals surface area contributed by atoms with Crippen molar-refractivity contribution >= 4 is 6.29 Å². The monoisotopic (exact) mass is 398 g/mol. The maximum absolute atomic E-state index is 11.4. The summed E-state index contributed by atoms with van der Waals surface area (Å²) in [4.78, 5) is 11.4. The van der Waals surface area contributed by atoms with Gasteiger partial charge >= 0.3 is 0 Å². The van der Waals surface area contributed by atoms with Crippen molar-refractivity contribution in [3.8, 4) is 0 Å². The first kappa shape index (κ1) is 21.6. The molecule has 0 saturated heterocycles. The van der Waals surface area contributed by atoms with Gasteiger partial charge in [-0.1, -0.05) is 65.5 Å². The van der Waals surface area contributed by atoms with Crippen LogP contribution in [0.5, 0.6) is 0 Å². The van der Waals surface area contributed by atoms with Crippen LogP contribution in [0.15, 0.2) is 11.6 Å². The third-order valence-electron chi connectivity index (χ3n) is 10.5. The second kappa shape index (κ2) is 8.16. The van der Waals surface area contributed by atoms with E-state index in [1.165, 1.54) is 64.1 Å². The van der Waals surface area contributed by atoms with E-state index in [0.29, 0.717) is 16.7 Å². The Morgan fingerprint density at radius 2 is 1.83 bits per heavy atom. The van der Waals surface area contributed by atoms with Crippen LogP contribution < -0.4 is 0 Å². The van der Waals surface area contributed by atoms with E-state index in [4.69, 9.17) is 0 Å². The number of allylic oxidation sites excluding steroid dienone is 2. The zero-order chi connectivity index (χ0) is 20.8. The number of hydrogen-bond acceptors (Lipinski definition) is 1. The van der Waals surface area contributed by atoms with Crippen LogP contribution in [0.2, 0.25) is 0 Å². The van der Waals surface area contributed by atoms with Crippen LogP contribution >= 0.6 is 0 Å². The predicted molar refractivity (Wildman–Crippen MR) is 123 cm³/mol. The Morgan fingerprint density at radius 1 is 1.03 bits per heavy atom. The Labute approximate surface area is 180 Å². The molecule has 29 heavy (non-hydrogen) atoms. The SMILES string of the molecule is CC(C)CCCC(C)C1CCC2C3CC=C4CC(C=O)CCC4(C)C3CCC12C. The summed E-state index contributed by atoms with van der Waals surface area (Å²) in [5.74, 6) is 5.71. The van der Waals surface area contributed by atoms with E-state index in [1.807, 2.05) is 0 Å². The summed E-state index contributed by atoms with van der Waals surface area (Å²) in [5.41, 5.74) is 2.63. The molecule has 0 aromatic carbocycles. The van der Waals surface area contributed by atoms with E-state index >= 15 is 0 Å². The molecule has 0 spiro atoms. The molecular weight excluding hydrogens is 352 g/mol. The van der Waals surface area contributed by atoms with E-state index in [0.717, 1.165) is 48.3 Å². The van der Waals surface area contributed by atoms with Crippen LogP contribution in [-0.2, 0) is 4.79 Å². The normalized spacial score (nSPS) is 45.2. The first-order valence-electron chi connectivity index (χ1n) is 12.9. The topological polar surface area (TPSA) is 17.1 Å². The van der Waals surface area contributed by atoms with Gasteiger partial charge in [-0.05, 0) is 97.7 Å². The van der Waals surface area contributed by atoms with Gasteiger partial charge in [0.15, 0.2) is 0 Å². The first-order chi connectivity index (χ1) is 13.8. The highest BCUT2D eigenvalue weighted by atomic mass is 16.1. The minimum Gasteiger partial charge on any atom is -0.303 e. The van der Waals surface area contributed by atoms with Crippen LogP contribution in [0.1, 0.15) is 105 Å². The number of carbonyl (C=O) groups excluding carboxylic acids is 1. The van der Waals surface area contributed by atoms with Gasteiger partial charge < -0.3 is 4.79 Å². The molecule has 3 fully saturated rings. The average Bonchev–Trinajstić information content (AvgIpc) is 3.04. The van der Waals surface area contributed by atoms with E-state index in [2.05, 4.69) is 40.7 Å². The van der Waals surface area contributed by atoms with E-state index in [1.54, 1.807) is 5.57 Å². The molecule has 4 aliphatic carbocycles. The van der Waals surface area contributed by atoms with Gasteiger partial charge in [-0.15, -0.1) is 0 Å². The van der Waals surface area contributed by atoms with Crippen LogP contribution in [0.4, 0.5) is 0 Å². The highest BCUT2D eigenvalue weighted by Crippen LogP contribution is 2.67. The summed E-state index contributed by atoms with van der Waals surface area (Å²) < 4.78 is 0. The average molecular weight is 399 g/mol. The Morgan fingerprint density at radius 3 is 2.55 bits per heavy atom. The van der Waals surface area contributed by atoms with E-state index in [9.17, 15) is 4.79 Å². The molecule has 0 aromatic heterocycles. The minimum absolute atomic E-state index is 0.294.